The van der Waals surface area contributed by atoms with Gasteiger partial charge >= 0.3 is 0 Å². The van der Waals surface area contributed by atoms with Crippen molar-refractivity contribution in [1.82, 2.24) is 10.3 Å². The molecule has 2 aromatic rings. The number of β-amino-alcohol motifs (C(OH)–C–C–N with tert-alkyl or cyclic N) is 1. The summed E-state index contributed by atoms with van der Waals surface area (Å²) in [5, 5.41) is 24.8. The molecule has 1 atom stereocenters. The molecule has 9 heteroatoms. The first-order valence-electron chi connectivity index (χ1n) is 10.6. The number of piperidine rings is 1. The number of nitro groups is 1. The predicted molar refractivity (Wildman–Crippen MR) is 120 cm³/mol. The number of rotatable bonds is 10. The van der Waals surface area contributed by atoms with Crippen LogP contribution in [0.5, 0.6) is 0 Å². The topological polar surface area (TPSA) is 117 Å². The maximum Gasteiger partial charge on any atom is 0.269 e. The van der Waals surface area contributed by atoms with E-state index in [2.05, 4.69) is 15.4 Å². The van der Waals surface area contributed by atoms with Crippen molar-refractivity contribution in [2.24, 2.45) is 11.0 Å². The molecule has 0 radical (unpaired) electrons. The first-order valence-corrected chi connectivity index (χ1v) is 10.6. The van der Waals surface area contributed by atoms with Crippen molar-refractivity contribution in [1.29, 1.82) is 0 Å². The summed E-state index contributed by atoms with van der Waals surface area (Å²) < 4.78 is 5.59. The van der Waals surface area contributed by atoms with Gasteiger partial charge in [-0.3, -0.25) is 14.9 Å². The molecule has 9 nitrogen and oxygen atoms in total. The number of aliphatic hydroxyl groups excluding tert-OH is 1. The average Bonchev–Trinajstić information content (AvgIpc) is 2.80. The second-order valence-electron chi connectivity index (χ2n) is 7.81. The summed E-state index contributed by atoms with van der Waals surface area (Å²) in [6.45, 7) is 2.70. The molecule has 1 amide bonds. The third kappa shape index (κ3) is 7.52. The Balaban J connectivity index is 1.32. The predicted octanol–water partition coefficient (Wildman–Crippen LogP) is 2.33. The van der Waals surface area contributed by atoms with E-state index in [-0.39, 0.29) is 24.1 Å². The lowest BCUT2D eigenvalue weighted by Crippen LogP contribution is -2.43. The van der Waals surface area contributed by atoms with Crippen molar-refractivity contribution < 1.29 is 19.6 Å². The molecule has 1 aliphatic heterocycles. The molecule has 170 valence electrons. The number of nitrogens with zero attached hydrogens (tertiary/aromatic N) is 3. The van der Waals surface area contributed by atoms with Crippen LogP contribution < -0.4 is 5.43 Å². The molecule has 0 unspecified atom stereocenters. The van der Waals surface area contributed by atoms with Crippen LogP contribution in [0.1, 0.15) is 24.0 Å². The summed E-state index contributed by atoms with van der Waals surface area (Å²) in [5.74, 6) is -0.277. The van der Waals surface area contributed by atoms with E-state index in [0.717, 1.165) is 18.7 Å². The monoisotopic (exact) mass is 440 g/mol. The van der Waals surface area contributed by atoms with E-state index in [4.69, 9.17) is 4.74 Å². The zero-order valence-electron chi connectivity index (χ0n) is 17.8. The first kappa shape index (κ1) is 23.5. The molecule has 0 spiro atoms. The fourth-order valence-electron chi connectivity index (χ4n) is 3.56. The van der Waals surface area contributed by atoms with Gasteiger partial charge in [0.05, 0.1) is 30.5 Å². The highest BCUT2D eigenvalue weighted by molar-refractivity contribution is 5.83. The van der Waals surface area contributed by atoms with Gasteiger partial charge in [-0.15, -0.1) is 0 Å². The van der Waals surface area contributed by atoms with E-state index in [1.54, 1.807) is 12.1 Å². The maximum atomic E-state index is 12.3. The Labute approximate surface area is 186 Å². The summed E-state index contributed by atoms with van der Waals surface area (Å²) in [5.41, 5.74) is 4.28. The van der Waals surface area contributed by atoms with Gasteiger partial charge in [0.2, 0.25) is 5.91 Å². The molecule has 0 aromatic heterocycles. The van der Waals surface area contributed by atoms with E-state index in [9.17, 15) is 20.0 Å². The van der Waals surface area contributed by atoms with Gasteiger partial charge in [0.1, 0.15) is 0 Å². The van der Waals surface area contributed by atoms with E-state index in [1.165, 1.54) is 18.3 Å². The molecule has 2 N–H and O–H groups in total. The number of nitro benzene ring substituents is 1. The number of nitrogens with one attached hydrogen (secondary N) is 1. The molecule has 1 fully saturated rings. The largest absolute Gasteiger partial charge is 0.389 e. The summed E-state index contributed by atoms with van der Waals surface area (Å²) in [6, 6.07) is 15.7. The highest BCUT2D eigenvalue weighted by atomic mass is 16.6. The Hall–Kier alpha value is -3.14. The molecule has 2 aromatic carbocycles. The third-order valence-electron chi connectivity index (χ3n) is 5.34. The number of hydrogen-bond donors (Lipinski definition) is 2. The standard InChI is InChI=1S/C23H28N4O5/c28-22(17-32-16-19-4-2-1-3-5-19)15-26-12-10-20(11-13-26)23(29)25-24-14-18-6-8-21(9-7-18)27(30)31/h1-9,14,20,22,28H,10-13,15-17H2,(H,25,29)/b24-14-/t22-/m1/s1. The Morgan fingerprint density at radius 3 is 2.56 bits per heavy atom. The van der Waals surface area contributed by atoms with Crippen LogP contribution in [0.4, 0.5) is 5.69 Å². The number of carbonyl (C=O) groups is 1. The quantitative estimate of drug-likeness (QED) is 0.333. The van der Waals surface area contributed by atoms with Crippen molar-refractivity contribution in [3.8, 4) is 0 Å². The molecule has 1 heterocycles. The highest BCUT2D eigenvalue weighted by Gasteiger charge is 2.25. The van der Waals surface area contributed by atoms with E-state index >= 15 is 0 Å². The van der Waals surface area contributed by atoms with Crippen molar-refractivity contribution in [2.75, 3.05) is 26.2 Å². The van der Waals surface area contributed by atoms with Gasteiger partial charge < -0.3 is 14.7 Å². The fourth-order valence-corrected chi connectivity index (χ4v) is 3.56. The fraction of sp³-hybridized carbons (Fsp3) is 0.391. The van der Waals surface area contributed by atoms with Gasteiger partial charge in [-0.2, -0.15) is 5.10 Å². The van der Waals surface area contributed by atoms with E-state index < -0.39 is 11.0 Å². The Kier molecular flexibility index (Phi) is 8.85. The number of hydrogen-bond acceptors (Lipinski definition) is 7. The Morgan fingerprint density at radius 1 is 1.22 bits per heavy atom. The van der Waals surface area contributed by atoms with Crippen molar-refractivity contribution in [2.45, 2.75) is 25.6 Å². The number of hydrazone groups is 1. The number of aliphatic hydroxyl groups is 1. The van der Waals surface area contributed by atoms with Crippen LogP contribution in [0.25, 0.3) is 0 Å². The smallest absolute Gasteiger partial charge is 0.269 e. The second-order valence-corrected chi connectivity index (χ2v) is 7.81. The van der Waals surface area contributed by atoms with Crippen LogP contribution in [0.2, 0.25) is 0 Å². The number of ether oxygens (including phenoxy) is 1. The SMILES string of the molecule is O=C(N/N=C\c1ccc([N+](=O)[O-])cc1)C1CCN(C[C@@H](O)COCc2ccccc2)CC1. The molecule has 0 saturated carbocycles. The van der Waals surface area contributed by atoms with Gasteiger partial charge in [0, 0.05) is 24.6 Å². The lowest BCUT2D eigenvalue weighted by atomic mass is 9.96. The Bertz CT molecular complexity index is 896. The van der Waals surface area contributed by atoms with Crippen molar-refractivity contribution in [3.05, 3.63) is 75.8 Å². The van der Waals surface area contributed by atoms with Crippen LogP contribution in [0, 0.1) is 16.0 Å². The number of carbonyl (C=O) groups excluding carboxylic acids is 1. The zero-order chi connectivity index (χ0) is 22.8. The second kappa shape index (κ2) is 12.0. The summed E-state index contributed by atoms with van der Waals surface area (Å²) in [6.07, 6.45) is 2.27. The lowest BCUT2D eigenvalue weighted by Gasteiger charge is -2.32. The van der Waals surface area contributed by atoms with Gasteiger partial charge in [-0.25, -0.2) is 5.43 Å². The molecular weight excluding hydrogens is 412 g/mol. The van der Waals surface area contributed by atoms with Crippen LogP contribution >= 0.6 is 0 Å². The van der Waals surface area contributed by atoms with E-state index in [1.807, 2.05) is 30.3 Å². The molecule has 1 aliphatic rings. The summed E-state index contributed by atoms with van der Waals surface area (Å²) >= 11 is 0. The number of benzene rings is 2. The third-order valence-corrected chi connectivity index (χ3v) is 5.34. The molecule has 32 heavy (non-hydrogen) atoms. The van der Waals surface area contributed by atoms with Crippen LogP contribution in [0.3, 0.4) is 0 Å². The average molecular weight is 441 g/mol. The lowest BCUT2D eigenvalue weighted by molar-refractivity contribution is -0.384. The Morgan fingerprint density at radius 2 is 1.91 bits per heavy atom. The van der Waals surface area contributed by atoms with Gasteiger partial charge in [-0.1, -0.05) is 30.3 Å². The maximum absolute atomic E-state index is 12.3. The van der Waals surface area contributed by atoms with Gasteiger partial charge in [0.25, 0.3) is 5.69 Å². The zero-order valence-corrected chi connectivity index (χ0v) is 17.8. The summed E-state index contributed by atoms with van der Waals surface area (Å²) in [4.78, 5) is 24.7. The number of non-ortho nitro benzene ring substituents is 1. The molecule has 1 saturated heterocycles. The van der Waals surface area contributed by atoms with E-state index in [0.29, 0.717) is 31.6 Å². The molecular formula is C23H28N4O5. The van der Waals surface area contributed by atoms with Crippen LogP contribution in [-0.2, 0) is 16.1 Å². The van der Waals surface area contributed by atoms with Crippen molar-refractivity contribution >= 4 is 17.8 Å². The van der Waals surface area contributed by atoms with Gasteiger partial charge in [-0.05, 0) is 49.2 Å². The van der Waals surface area contributed by atoms with Crippen LogP contribution in [-0.4, -0.2) is 59.4 Å². The normalized spacial score (nSPS) is 16.2. The molecule has 3 rings (SSSR count). The first-order chi connectivity index (χ1) is 15.5. The number of likely N-dealkylation sites (tertiary alicyclic amines) is 1. The minimum Gasteiger partial charge on any atom is -0.389 e. The van der Waals surface area contributed by atoms with Crippen LogP contribution in [0.15, 0.2) is 59.7 Å². The van der Waals surface area contributed by atoms with Gasteiger partial charge in [0.15, 0.2) is 0 Å². The number of amides is 1. The minimum absolute atomic E-state index is 0.00539. The molecule has 0 bridgehead atoms. The summed E-state index contributed by atoms with van der Waals surface area (Å²) in [7, 11) is 0. The van der Waals surface area contributed by atoms with Crippen molar-refractivity contribution in [3.63, 3.8) is 0 Å². The molecule has 0 aliphatic carbocycles. The highest BCUT2D eigenvalue weighted by Crippen LogP contribution is 2.18. The minimum atomic E-state index is -0.574.